The molecule has 0 heteroatoms. The van der Waals surface area contributed by atoms with Crippen molar-refractivity contribution in [2.45, 2.75) is 57.8 Å². The summed E-state index contributed by atoms with van der Waals surface area (Å²) >= 11 is 0. The summed E-state index contributed by atoms with van der Waals surface area (Å²) in [5.74, 6) is 0. The van der Waals surface area contributed by atoms with E-state index >= 15 is 0 Å². The zero-order valence-electron chi connectivity index (χ0n) is 46.9. The smallest absolute Gasteiger partial charge is 0.0620 e. The van der Waals surface area contributed by atoms with Gasteiger partial charge in [-0.15, -0.1) is 0 Å². The molecule has 12 aromatic carbocycles. The predicted octanol–water partition coefficient (Wildman–Crippen LogP) is 20.0. The SMILES string of the molecule is Cc1ccc(C2(c3ccc(C)cc3)c3ccccc3-c3ccc(-c4ccc5c(c4)C(c4ccccc4C)(c4ccccc4C)c4cc(-c6ccc7c(c6)C(c6ccc(C)cc6)(c6ccc(C)cc6)c6ccccc6-7)ccc4-5)cc32)cc1. The molecule has 12 aromatic rings. The second-order valence-corrected chi connectivity index (χ2v) is 23.5. The quantitative estimate of drug-likeness (QED) is 0.142. The number of rotatable bonds is 8. The number of hydrogen-bond donors (Lipinski definition) is 0. The lowest BCUT2D eigenvalue weighted by atomic mass is 9.64. The van der Waals surface area contributed by atoms with E-state index in [0.29, 0.717) is 0 Å². The van der Waals surface area contributed by atoms with E-state index < -0.39 is 16.2 Å². The molecule has 3 aliphatic carbocycles. The van der Waals surface area contributed by atoms with E-state index in [1.807, 2.05) is 0 Å². The Morgan fingerprint density at radius 1 is 0.185 bits per heavy atom. The van der Waals surface area contributed by atoms with E-state index in [9.17, 15) is 0 Å². The van der Waals surface area contributed by atoms with Crippen molar-refractivity contribution in [1.29, 1.82) is 0 Å². The zero-order valence-corrected chi connectivity index (χ0v) is 46.9. The van der Waals surface area contributed by atoms with Crippen LogP contribution >= 0.6 is 0 Å². The zero-order chi connectivity index (χ0) is 54.8. The second kappa shape index (κ2) is 18.3. The van der Waals surface area contributed by atoms with Crippen LogP contribution in [0.4, 0.5) is 0 Å². The van der Waals surface area contributed by atoms with Crippen molar-refractivity contribution in [2.24, 2.45) is 0 Å². The summed E-state index contributed by atoms with van der Waals surface area (Å²) in [5.41, 5.74) is 34.1. The molecule has 386 valence electrons. The van der Waals surface area contributed by atoms with E-state index in [4.69, 9.17) is 0 Å². The Kier molecular flexibility index (Phi) is 11.0. The second-order valence-electron chi connectivity index (χ2n) is 23.5. The first kappa shape index (κ1) is 48.7. The first-order chi connectivity index (χ1) is 39.6. The van der Waals surface area contributed by atoms with Crippen molar-refractivity contribution in [3.8, 4) is 55.6 Å². The summed E-state index contributed by atoms with van der Waals surface area (Å²) in [7, 11) is 0. The molecule has 0 fully saturated rings. The maximum atomic E-state index is 2.56. The molecule has 0 saturated carbocycles. The van der Waals surface area contributed by atoms with E-state index in [2.05, 4.69) is 308 Å². The van der Waals surface area contributed by atoms with Gasteiger partial charge in [-0.25, -0.2) is 0 Å². The van der Waals surface area contributed by atoms with Gasteiger partial charge in [-0.2, -0.15) is 0 Å². The molecule has 81 heavy (non-hydrogen) atoms. The summed E-state index contributed by atoms with van der Waals surface area (Å²) in [5, 5.41) is 0. The van der Waals surface area contributed by atoms with Gasteiger partial charge >= 0.3 is 0 Å². The monoisotopic (exact) mass is 1030 g/mol. The number of aryl methyl sites for hydroxylation is 6. The predicted molar refractivity (Wildman–Crippen MR) is 338 cm³/mol. The van der Waals surface area contributed by atoms with Crippen molar-refractivity contribution < 1.29 is 0 Å². The van der Waals surface area contributed by atoms with Crippen LogP contribution in [0.25, 0.3) is 55.6 Å². The summed E-state index contributed by atoms with van der Waals surface area (Å²) in [6.45, 7) is 13.4. The molecule has 0 spiro atoms. The molecule has 15 rings (SSSR count). The van der Waals surface area contributed by atoms with Crippen LogP contribution < -0.4 is 0 Å². The number of benzene rings is 12. The Labute approximate surface area is 477 Å². The van der Waals surface area contributed by atoms with Gasteiger partial charge in [-0.05, 0) is 199 Å². The molecule has 0 nitrogen and oxygen atoms in total. The number of hydrogen-bond acceptors (Lipinski definition) is 0. The highest BCUT2D eigenvalue weighted by atomic mass is 14.5. The van der Waals surface area contributed by atoms with Gasteiger partial charge < -0.3 is 0 Å². The van der Waals surface area contributed by atoms with E-state index in [0.717, 1.165) is 0 Å². The topological polar surface area (TPSA) is 0 Å². The molecule has 3 aliphatic rings. The summed E-state index contributed by atoms with van der Waals surface area (Å²) < 4.78 is 0. The highest BCUT2D eigenvalue weighted by molar-refractivity contribution is 5.94. The third-order valence-electron chi connectivity index (χ3n) is 18.9. The van der Waals surface area contributed by atoms with Crippen LogP contribution in [0.1, 0.15) is 100 Å². The van der Waals surface area contributed by atoms with Crippen LogP contribution in [0.15, 0.2) is 267 Å². The van der Waals surface area contributed by atoms with Crippen LogP contribution in [0, 0.1) is 41.5 Å². The minimum atomic E-state index is -0.644. The molecule has 0 atom stereocenters. The fourth-order valence-electron chi connectivity index (χ4n) is 15.1. The standard InChI is InChI=1S/C81H62/c1-51-23-35-61(36-24-51)79(62-37-25-52(2)26-38-62)73-21-13-9-17-65(73)67-43-31-57(47-75(67)79)59-33-45-69-70-46-34-60(50-78(70)81(77(69)49-59,71-19-11-7-15-55(71)5)72-20-12-8-16-56(72)6)58-32-44-68-66-18-10-14-22-74(66)80(76(68)48-58,63-39-27-53(3)28-40-63)64-41-29-54(4)30-42-64/h7-50H,1-6H3. The number of fused-ring (bicyclic) bond motifs is 9. The van der Waals surface area contributed by atoms with Crippen molar-refractivity contribution >= 4 is 0 Å². The van der Waals surface area contributed by atoms with Crippen molar-refractivity contribution in [1.82, 2.24) is 0 Å². The van der Waals surface area contributed by atoms with Gasteiger partial charge in [0.2, 0.25) is 0 Å². The molecule has 0 aromatic heterocycles. The van der Waals surface area contributed by atoms with Gasteiger partial charge in [-0.1, -0.05) is 265 Å². The summed E-state index contributed by atoms with van der Waals surface area (Å²) in [4.78, 5) is 0. The van der Waals surface area contributed by atoms with Gasteiger partial charge in [0.15, 0.2) is 0 Å². The van der Waals surface area contributed by atoms with Crippen LogP contribution in [0.2, 0.25) is 0 Å². The van der Waals surface area contributed by atoms with E-state index in [1.165, 1.54) is 156 Å². The third kappa shape index (κ3) is 6.96. The van der Waals surface area contributed by atoms with Gasteiger partial charge in [0.25, 0.3) is 0 Å². The normalized spacial score (nSPS) is 14.3. The Morgan fingerprint density at radius 3 is 0.704 bits per heavy atom. The van der Waals surface area contributed by atoms with Gasteiger partial charge in [0.1, 0.15) is 0 Å². The molecule has 0 radical (unpaired) electrons. The molecule has 0 saturated heterocycles. The summed E-state index contributed by atoms with van der Waals surface area (Å²) in [6, 6.07) is 103. The Morgan fingerprint density at radius 2 is 0.420 bits per heavy atom. The Bertz CT molecular complexity index is 4110. The first-order valence-corrected chi connectivity index (χ1v) is 28.8. The largest absolute Gasteiger partial charge is 0.0719 e. The van der Waals surface area contributed by atoms with Crippen molar-refractivity contribution in [3.05, 3.63) is 367 Å². The minimum absolute atomic E-state index is 0.515. The average Bonchev–Trinajstić information content (AvgIpc) is 4.26. The molecular weight excluding hydrogens is 973 g/mol. The van der Waals surface area contributed by atoms with Gasteiger partial charge in [0.05, 0.1) is 16.2 Å². The van der Waals surface area contributed by atoms with E-state index in [1.54, 1.807) is 0 Å². The molecule has 0 unspecified atom stereocenters. The lowest BCUT2D eigenvalue weighted by Crippen LogP contribution is -2.30. The molecule has 0 aliphatic heterocycles. The minimum Gasteiger partial charge on any atom is -0.0620 e. The van der Waals surface area contributed by atoms with Gasteiger partial charge in [-0.3, -0.25) is 0 Å². The lowest BCUT2D eigenvalue weighted by molar-refractivity contribution is 0.754. The molecule has 0 N–H and O–H groups in total. The van der Waals surface area contributed by atoms with Crippen LogP contribution in [-0.2, 0) is 16.2 Å². The van der Waals surface area contributed by atoms with Crippen LogP contribution in [0.5, 0.6) is 0 Å². The molecular formula is C81H62. The fraction of sp³-hybridized carbons (Fsp3) is 0.111. The molecule has 0 amide bonds. The first-order valence-electron chi connectivity index (χ1n) is 28.8. The molecule has 0 heterocycles. The highest BCUT2D eigenvalue weighted by Crippen LogP contribution is 2.62. The highest BCUT2D eigenvalue weighted by Gasteiger charge is 2.50. The Balaban J connectivity index is 0.958. The maximum Gasteiger partial charge on any atom is 0.0719 e. The van der Waals surface area contributed by atoms with Crippen LogP contribution in [-0.4, -0.2) is 0 Å². The summed E-state index contributed by atoms with van der Waals surface area (Å²) in [6.07, 6.45) is 0. The average molecular weight is 1040 g/mol. The van der Waals surface area contributed by atoms with Crippen molar-refractivity contribution in [3.63, 3.8) is 0 Å². The van der Waals surface area contributed by atoms with Crippen LogP contribution in [0.3, 0.4) is 0 Å². The van der Waals surface area contributed by atoms with E-state index in [-0.39, 0.29) is 0 Å². The van der Waals surface area contributed by atoms with Crippen molar-refractivity contribution in [2.75, 3.05) is 0 Å². The lowest BCUT2D eigenvalue weighted by Gasteiger charge is -2.37. The Hall–Kier alpha value is -9.36. The van der Waals surface area contributed by atoms with Gasteiger partial charge in [0, 0.05) is 0 Å². The molecule has 0 bridgehead atoms. The maximum absolute atomic E-state index is 2.56. The fourth-order valence-corrected chi connectivity index (χ4v) is 15.1. The third-order valence-corrected chi connectivity index (χ3v) is 18.9.